The van der Waals surface area contributed by atoms with Crippen LogP contribution in [-0.2, 0) is 4.74 Å². The summed E-state index contributed by atoms with van der Waals surface area (Å²) in [7, 11) is 0. The summed E-state index contributed by atoms with van der Waals surface area (Å²) in [4.78, 5) is 12.4. The zero-order chi connectivity index (χ0) is 15.0. The second kappa shape index (κ2) is 8.52. The number of aromatic nitrogens is 3. The van der Waals surface area contributed by atoms with Crippen molar-refractivity contribution in [3.63, 3.8) is 0 Å². The molecule has 1 heterocycles. The van der Waals surface area contributed by atoms with Crippen LogP contribution in [0.3, 0.4) is 0 Å². The molecular weight excluding hydrogens is 260 g/mol. The van der Waals surface area contributed by atoms with Crippen molar-refractivity contribution in [3.05, 3.63) is 0 Å². The minimum Gasteiger partial charge on any atom is -0.461 e. The average Bonchev–Trinajstić information content (AvgIpc) is 2.34. The fourth-order valence-electron chi connectivity index (χ4n) is 1.32. The Morgan fingerprint density at radius 1 is 0.950 bits per heavy atom. The predicted octanol–water partition coefficient (Wildman–Crippen LogP) is 1.89. The van der Waals surface area contributed by atoms with Crippen molar-refractivity contribution in [1.82, 2.24) is 15.0 Å². The third-order valence-electron chi connectivity index (χ3n) is 2.04. The van der Waals surface area contributed by atoms with Crippen LogP contribution >= 0.6 is 0 Å². The Balaban J connectivity index is 2.65. The number of ether oxygens (including phenoxy) is 3. The molecule has 0 radical (unpaired) electrons. The van der Waals surface area contributed by atoms with Crippen LogP contribution in [0.4, 0.5) is 5.95 Å². The normalized spacial score (nSPS) is 10.9. The molecule has 20 heavy (non-hydrogen) atoms. The zero-order valence-corrected chi connectivity index (χ0v) is 12.8. The third kappa shape index (κ3) is 6.51. The van der Waals surface area contributed by atoms with Gasteiger partial charge in [0.1, 0.15) is 6.61 Å². The first-order valence-corrected chi connectivity index (χ1v) is 6.92. The summed E-state index contributed by atoms with van der Waals surface area (Å²) in [5.74, 6) is 0.443. The second-order valence-electron chi connectivity index (χ2n) is 4.69. The van der Waals surface area contributed by atoms with Gasteiger partial charge in [-0.1, -0.05) is 0 Å². The molecule has 0 saturated carbocycles. The molecule has 114 valence electrons. The van der Waals surface area contributed by atoms with E-state index in [1.807, 2.05) is 34.6 Å². The maximum Gasteiger partial charge on any atom is 0.324 e. The Labute approximate surface area is 120 Å². The summed E-state index contributed by atoms with van der Waals surface area (Å²) in [6, 6.07) is 0.490. The highest BCUT2D eigenvalue weighted by atomic mass is 16.5. The van der Waals surface area contributed by atoms with Crippen LogP contribution in [0.1, 0.15) is 34.6 Å². The van der Waals surface area contributed by atoms with E-state index in [-0.39, 0.29) is 24.2 Å². The standard InChI is InChI=1S/C13H24N4O3/c1-6-14-11-15-12(19-8-7-18-9(2)3)17-13(16-11)20-10(4)5/h9-10H,6-8H2,1-5H3,(H,14,15,16,17). The van der Waals surface area contributed by atoms with E-state index in [1.165, 1.54) is 0 Å². The van der Waals surface area contributed by atoms with Gasteiger partial charge in [0.05, 0.1) is 18.8 Å². The van der Waals surface area contributed by atoms with Gasteiger partial charge in [-0.3, -0.25) is 0 Å². The monoisotopic (exact) mass is 284 g/mol. The van der Waals surface area contributed by atoms with Crippen LogP contribution in [0.5, 0.6) is 12.0 Å². The smallest absolute Gasteiger partial charge is 0.324 e. The van der Waals surface area contributed by atoms with Gasteiger partial charge in [0.15, 0.2) is 0 Å². The number of hydrogen-bond acceptors (Lipinski definition) is 7. The summed E-state index contributed by atoms with van der Waals surface area (Å²) in [5, 5.41) is 3.02. The highest BCUT2D eigenvalue weighted by molar-refractivity contribution is 5.27. The van der Waals surface area contributed by atoms with Crippen molar-refractivity contribution in [2.75, 3.05) is 25.1 Å². The SMILES string of the molecule is CCNc1nc(OCCOC(C)C)nc(OC(C)C)n1. The number of hydrogen-bond donors (Lipinski definition) is 1. The van der Waals surface area contributed by atoms with Gasteiger partial charge in [-0.05, 0) is 34.6 Å². The van der Waals surface area contributed by atoms with Crippen molar-refractivity contribution < 1.29 is 14.2 Å². The fraction of sp³-hybridized carbons (Fsp3) is 0.769. The van der Waals surface area contributed by atoms with Gasteiger partial charge in [0.2, 0.25) is 5.95 Å². The largest absolute Gasteiger partial charge is 0.461 e. The predicted molar refractivity (Wildman–Crippen MR) is 76.3 cm³/mol. The molecule has 1 aromatic heterocycles. The Kier molecular flexibility index (Phi) is 7.00. The van der Waals surface area contributed by atoms with Crippen LogP contribution in [0.15, 0.2) is 0 Å². The van der Waals surface area contributed by atoms with E-state index in [1.54, 1.807) is 0 Å². The van der Waals surface area contributed by atoms with Crippen molar-refractivity contribution in [2.24, 2.45) is 0 Å². The summed E-state index contributed by atoms with van der Waals surface area (Å²) in [6.45, 7) is 11.3. The summed E-state index contributed by atoms with van der Waals surface area (Å²) >= 11 is 0. The fourth-order valence-corrected chi connectivity index (χ4v) is 1.32. The molecule has 0 unspecified atom stereocenters. The van der Waals surface area contributed by atoms with E-state index in [0.717, 1.165) is 0 Å². The first kappa shape index (κ1) is 16.4. The van der Waals surface area contributed by atoms with Gasteiger partial charge in [0.25, 0.3) is 0 Å². The van der Waals surface area contributed by atoms with Crippen molar-refractivity contribution in [2.45, 2.75) is 46.8 Å². The van der Waals surface area contributed by atoms with Gasteiger partial charge in [-0.2, -0.15) is 9.97 Å². The Morgan fingerprint density at radius 2 is 1.65 bits per heavy atom. The maximum absolute atomic E-state index is 5.47. The number of rotatable bonds is 9. The molecule has 0 aliphatic heterocycles. The minimum atomic E-state index is -0.0102. The van der Waals surface area contributed by atoms with Gasteiger partial charge in [0, 0.05) is 6.54 Å². The molecular formula is C13H24N4O3. The lowest BCUT2D eigenvalue weighted by Gasteiger charge is -2.12. The van der Waals surface area contributed by atoms with Crippen LogP contribution in [0.2, 0.25) is 0 Å². The quantitative estimate of drug-likeness (QED) is 0.694. The van der Waals surface area contributed by atoms with Gasteiger partial charge >= 0.3 is 12.0 Å². The summed E-state index contributed by atoms with van der Waals surface area (Å²) in [5.41, 5.74) is 0. The number of nitrogens with zero attached hydrogens (tertiary/aromatic N) is 3. The Morgan fingerprint density at radius 3 is 2.25 bits per heavy atom. The molecule has 0 aromatic carbocycles. The van der Waals surface area contributed by atoms with Crippen LogP contribution in [0.25, 0.3) is 0 Å². The van der Waals surface area contributed by atoms with E-state index in [4.69, 9.17) is 14.2 Å². The molecule has 0 fully saturated rings. The second-order valence-corrected chi connectivity index (χ2v) is 4.69. The van der Waals surface area contributed by atoms with Crippen molar-refractivity contribution in [1.29, 1.82) is 0 Å². The molecule has 1 N–H and O–H groups in total. The van der Waals surface area contributed by atoms with E-state index in [9.17, 15) is 0 Å². The van der Waals surface area contributed by atoms with Gasteiger partial charge < -0.3 is 19.5 Å². The Hall–Kier alpha value is -1.63. The number of nitrogens with one attached hydrogen (secondary N) is 1. The molecule has 0 spiro atoms. The average molecular weight is 284 g/mol. The van der Waals surface area contributed by atoms with E-state index in [2.05, 4.69) is 20.3 Å². The van der Waals surface area contributed by atoms with Crippen LogP contribution in [-0.4, -0.2) is 46.9 Å². The zero-order valence-electron chi connectivity index (χ0n) is 12.8. The van der Waals surface area contributed by atoms with Gasteiger partial charge in [-0.15, -0.1) is 4.98 Å². The topological polar surface area (TPSA) is 78.4 Å². The van der Waals surface area contributed by atoms with Gasteiger partial charge in [-0.25, -0.2) is 0 Å². The summed E-state index contributed by atoms with van der Waals surface area (Å²) in [6.07, 6.45) is 0.165. The lowest BCUT2D eigenvalue weighted by molar-refractivity contribution is 0.0527. The maximum atomic E-state index is 5.47. The lowest BCUT2D eigenvalue weighted by Crippen LogP contribution is -2.15. The molecule has 0 aliphatic rings. The highest BCUT2D eigenvalue weighted by Gasteiger charge is 2.09. The third-order valence-corrected chi connectivity index (χ3v) is 2.04. The van der Waals surface area contributed by atoms with E-state index < -0.39 is 0 Å². The van der Waals surface area contributed by atoms with Crippen molar-refractivity contribution in [3.8, 4) is 12.0 Å². The van der Waals surface area contributed by atoms with Crippen LogP contribution in [0, 0.1) is 0 Å². The highest BCUT2D eigenvalue weighted by Crippen LogP contribution is 2.14. The lowest BCUT2D eigenvalue weighted by atomic mass is 10.5. The molecule has 7 heteroatoms. The molecule has 0 aliphatic carbocycles. The molecule has 0 amide bonds. The molecule has 0 bridgehead atoms. The van der Waals surface area contributed by atoms with E-state index >= 15 is 0 Å². The Bertz CT molecular complexity index is 399. The molecule has 1 rings (SSSR count). The number of anilines is 1. The molecule has 7 nitrogen and oxygen atoms in total. The molecule has 0 atom stereocenters. The minimum absolute atomic E-state index is 0.0102. The first-order chi connectivity index (χ1) is 9.51. The summed E-state index contributed by atoms with van der Waals surface area (Å²) < 4.78 is 16.3. The molecule has 1 aromatic rings. The van der Waals surface area contributed by atoms with E-state index in [0.29, 0.717) is 25.7 Å². The van der Waals surface area contributed by atoms with Crippen LogP contribution < -0.4 is 14.8 Å². The first-order valence-electron chi connectivity index (χ1n) is 6.92. The van der Waals surface area contributed by atoms with Crippen molar-refractivity contribution >= 4 is 5.95 Å². The molecule has 0 saturated heterocycles.